The number of nitrogens with one attached hydrogen (secondary N) is 1. The van der Waals surface area contributed by atoms with Crippen LogP contribution in [0.5, 0.6) is 0 Å². The standard InChI is InChI=1S/C11H11ClFN5O/c1-18-6-16-17-9(18)2-3-14-11(19)8-4-7(13)5-15-10(8)12/h4-6H,2-3H2,1H3,(H,14,19). The Hall–Kier alpha value is -2.02. The van der Waals surface area contributed by atoms with Crippen molar-refractivity contribution in [3.63, 3.8) is 0 Å². The number of pyridine rings is 1. The highest BCUT2D eigenvalue weighted by Crippen LogP contribution is 2.13. The van der Waals surface area contributed by atoms with Gasteiger partial charge in [-0.2, -0.15) is 0 Å². The monoisotopic (exact) mass is 283 g/mol. The van der Waals surface area contributed by atoms with E-state index in [2.05, 4.69) is 20.5 Å². The van der Waals surface area contributed by atoms with Crippen LogP contribution in [0.25, 0.3) is 0 Å². The lowest BCUT2D eigenvalue weighted by molar-refractivity contribution is 0.0953. The summed E-state index contributed by atoms with van der Waals surface area (Å²) in [7, 11) is 1.81. The van der Waals surface area contributed by atoms with E-state index in [1.54, 1.807) is 10.9 Å². The number of carbonyl (C=O) groups excluding carboxylic acids is 1. The number of hydrogen-bond donors (Lipinski definition) is 1. The highest BCUT2D eigenvalue weighted by atomic mass is 35.5. The molecule has 2 rings (SSSR count). The van der Waals surface area contributed by atoms with Gasteiger partial charge in [0.2, 0.25) is 0 Å². The number of rotatable bonds is 4. The van der Waals surface area contributed by atoms with Crippen LogP contribution in [0.15, 0.2) is 18.6 Å². The van der Waals surface area contributed by atoms with E-state index in [-0.39, 0.29) is 10.7 Å². The molecular formula is C11H11ClFN5O. The predicted octanol–water partition coefficient (Wildman–Crippen LogP) is 0.975. The second kappa shape index (κ2) is 5.75. The summed E-state index contributed by atoms with van der Waals surface area (Å²) in [5.41, 5.74) is 0.0135. The van der Waals surface area contributed by atoms with Crippen LogP contribution in [0.3, 0.4) is 0 Å². The van der Waals surface area contributed by atoms with Gasteiger partial charge in [-0.3, -0.25) is 4.79 Å². The fourth-order valence-corrected chi connectivity index (χ4v) is 1.69. The van der Waals surface area contributed by atoms with E-state index < -0.39 is 11.7 Å². The Morgan fingerprint density at radius 2 is 2.37 bits per heavy atom. The molecule has 0 aromatic carbocycles. The molecule has 2 aromatic rings. The maximum Gasteiger partial charge on any atom is 0.254 e. The number of amides is 1. The van der Waals surface area contributed by atoms with E-state index in [4.69, 9.17) is 11.6 Å². The second-order valence-electron chi connectivity index (χ2n) is 3.86. The number of halogens is 2. The van der Waals surface area contributed by atoms with Crippen molar-refractivity contribution in [2.24, 2.45) is 7.05 Å². The molecule has 1 N–H and O–H groups in total. The van der Waals surface area contributed by atoms with Crippen molar-refractivity contribution in [2.75, 3.05) is 6.54 Å². The molecule has 100 valence electrons. The highest BCUT2D eigenvalue weighted by Gasteiger charge is 2.12. The van der Waals surface area contributed by atoms with Crippen molar-refractivity contribution in [3.05, 3.63) is 40.9 Å². The maximum atomic E-state index is 13.0. The Morgan fingerprint density at radius 1 is 1.58 bits per heavy atom. The third-order valence-corrected chi connectivity index (χ3v) is 2.79. The number of carbonyl (C=O) groups is 1. The second-order valence-corrected chi connectivity index (χ2v) is 4.21. The molecule has 0 aliphatic carbocycles. The molecule has 0 atom stereocenters. The van der Waals surface area contributed by atoms with Crippen molar-refractivity contribution >= 4 is 17.5 Å². The third-order valence-electron chi connectivity index (χ3n) is 2.49. The van der Waals surface area contributed by atoms with Crippen molar-refractivity contribution in [3.8, 4) is 0 Å². The lowest BCUT2D eigenvalue weighted by atomic mass is 10.2. The first-order chi connectivity index (χ1) is 9.08. The molecule has 0 aliphatic rings. The molecule has 0 spiro atoms. The van der Waals surface area contributed by atoms with Gasteiger partial charge in [-0.25, -0.2) is 9.37 Å². The average Bonchev–Trinajstić information content (AvgIpc) is 2.78. The summed E-state index contributed by atoms with van der Waals surface area (Å²) in [5, 5.41) is 10.2. The molecule has 0 radical (unpaired) electrons. The Labute approximate surface area is 113 Å². The molecule has 1 amide bonds. The SMILES string of the molecule is Cn1cnnc1CCNC(=O)c1cc(F)cnc1Cl. The molecule has 8 heteroatoms. The fourth-order valence-electron chi connectivity index (χ4n) is 1.50. The zero-order valence-corrected chi connectivity index (χ0v) is 10.9. The molecule has 0 fully saturated rings. The smallest absolute Gasteiger partial charge is 0.254 e. The zero-order chi connectivity index (χ0) is 13.8. The van der Waals surface area contributed by atoms with Gasteiger partial charge in [-0.15, -0.1) is 10.2 Å². The van der Waals surface area contributed by atoms with Gasteiger partial charge in [0.1, 0.15) is 23.1 Å². The maximum absolute atomic E-state index is 13.0. The van der Waals surface area contributed by atoms with Crippen LogP contribution >= 0.6 is 11.6 Å². The lowest BCUT2D eigenvalue weighted by Crippen LogP contribution is -2.27. The first kappa shape index (κ1) is 13.4. The summed E-state index contributed by atoms with van der Waals surface area (Å²) in [6.45, 7) is 0.345. The number of aryl methyl sites for hydroxylation is 1. The predicted molar refractivity (Wildman–Crippen MR) is 66.2 cm³/mol. The van der Waals surface area contributed by atoms with E-state index in [9.17, 15) is 9.18 Å². The molecule has 0 saturated carbocycles. The first-order valence-corrected chi connectivity index (χ1v) is 5.88. The molecule has 0 unspecified atom stereocenters. The van der Waals surface area contributed by atoms with Gasteiger partial charge < -0.3 is 9.88 Å². The third kappa shape index (κ3) is 3.25. The van der Waals surface area contributed by atoms with Crippen LogP contribution in [-0.2, 0) is 13.5 Å². The largest absolute Gasteiger partial charge is 0.351 e. The van der Waals surface area contributed by atoms with Crippen molar-refractivity contribution in [2.45, 2.75) is 6.42 Å². The van der Waals surface area contributed by atoms with E-state index in [1.807, 2.05) is 7.05 Å². The van der Waals surface area contributed by atoms with Crippen molar-refractivity contribution < 1.29 is 9.18 Å². The molecular weight excluding hydrogens is 273 g/mol. The molecule has 19 heavy (non-hydrogen) atoms. The minimum atomic E-state index is -0.608. The fraction of sp³-hybridized carbons (Fsp3) is 0.273. The van der Waals surface area contributed by atoms with Gasteiger partial charge in [-0.05, 0) is 6.07 Å². The summed E-state index contributed by atoms with van der Waals surface area (Å²) >= 11 is 5.73. The Kier molecular flexibility index (Phi) is 4.06. The molecule has 0 saturated heterocycles. The van der Waals surface area contributed by atoms with E-state index in [0.717, 1.165) is 18.1 Å². The van der Waals surface area contributed by atoms with Crippen LogP contribution < -0.4 is 5.32 Å². The van der Waals surface area contributed by atoms with Crippen LogP contribution in [0.1, 0.15) is 16.2 Å². The summed E-state index contributed by atoms with van der Waals surface area (Å²) < 4.78 is 14.7. The normalized spacial score (nSPS) is 10.5. The van der Waals surface area contributed by atoms with Gasteiger partial charge in [0.05, 0.1) is 11.8 Å². The number of hydrogen-bond acceptors (Lipinski definition) is 4. The Bertz CT molecular complexity index is 601. The summed E-state index contributed by atoms with van der Waals surface area (Å²) in [4.78, 5) is 15.4. The van der Waals surface area contributed by atoms with Crippen LogP contribution in [0, 0.1) is 5.82 Å². The number of aromatic nitrogens is 4. The summed E-state index contributed by atoms with van der Waals surface area (Å²) in [5.74, 6) is -0.342. The van der Waals surface area contributed by atoms with Crippen LogP contribution in [-0.4, -0.2) is 32.2 Å². The van der Waals surface area contributed by atoms with E-state index in [1.165, 1.54) is 0 Å². The Balaban J connectivity index is 1.94. The van der Waals surface area contributed by atoms with Gasteiger partial charge >= 0.3 is 0 Å². The lowest BCUT2D eigenvalue weighted by Gasteiger charge is -2.06. The van der Waals surface area contributed by atoms with Gasteiger partial charge in [0.25, 0.3) is 5.91 Å². The Morgan fingerprint density at radius 3 is 3.05 bits per heavy atom. The van der Waals surface area contributed by atoms with Crippen molar-refractivity contribution in [1.82, 2.24) is 25.1 Å². The molecule has 0 aliphatic heterocycles. The minimum Gasteiger partial charge on any atom is -0.351 e. The van der Waals surface area contributed by atoms with Crippen molar-refractivity contribution in [1.29, 1.82) is 0 Å². The highest BCUT2D eigenvalue weighted by molar-refractivity contribution is 6.32. The van der Waals surface area contributed by atoms with Gasteiger partial charge in [-0.1, -0.05) is 11.6 Å². The number of nitrogens with zero attached hydrogens (tertiary/aromatic N) is 4. The molecule has 6 nitrogen and oxygen atoms in total. The molecule has 0 bridgehead atoms. The van der Waals surface area contributed by atoms with Gasteiger partial charge in [0, 0.05) is 20.0 Å². The van der Waals surface area contributed by atoms with E-state index in [0.29, 0.717) is 13.0 Å². The van der Waals surface area contributed by atoms with Crippen LogP contribution in [0.2, 0.25) is 5.15 Å². The van der Waals surface area contributed by atoms with E-state index >= 15 is 0 Å². The minimum absolute atomic E-state index is 0.0135. The summed E-state index contributed by atoms with van der Waals surface area (Å²) in [6.07, 6.45) is 3.05. The quantitative estimate of drug-likeness (QED) is 0.849. The first-order valence-electron chi connectivity index (χ1n) is 5.50. The molecule has 2 heterocycles. The topological polar surface area (TPSA) is 72.7 Å². The molecule has 2 aromatic heterocycles. The van der Waals surface area contributed by atoms with Gasteiger partial charge in [0.15, 0.2) is 0 Å². The summed E-state index contributed by atoms with van der Waals surface area (Å²) in [6, 6.07) is 1.05. The zero-order valence-electron chi connectivity index (χ0n) is 10.1. The van der Waals surface area contributed by atoms with Crippen LogP contribution in [0.4, 0.5) is 4.39 Å². The average molecular weight is 284 g/mol.